The van der Waals surface area contributed by atoms with E-state index in [1.54, 1.807) is 11.3 Å². The van der Waals surface area contributed by atoms with E-state index in [4.69, 9.17) is 4.74 Å². The van der Waals surface area contributed by atoms with Gasteiger partial charge in [-0.1, -0.05) is 35.6 Å². The number of hydrogen-bond donors (Lipinski definition) is 1. The van der Waals surface area contributed by atoms with E-state index in [9.17, 15) is 9.90 Å². The lowest BCUT2D eigenvalue weighted by atomic mass is 10.1. The van der Waals surface area contributed by atoms with Crippen molar-refractivity contribution in [3.05, 3.63) is 54.1 Å². The zero-order valence-electron chi connectivity index (χ0n) is 16.5. The summed E-state index contributed by atoms with van der Waals surface area (Å²) in [5.41, 5.74) is 1.14. The summed E-state index contributed by atoms with van der Waals surface area (Å²) in [6.45, 7) is 2.50. The molecule has 7 heteroatoms. The van der Waals surface area contributed by atoms with Gasteiger partial charge in [0.05, 0.1) is 10.2 Å². The molecule has 0 radical (unpaired) electrons. The van der Waals surface area contributed by atoms with Gasteiger partial charge in [0, 0.05) is 31.7 Å². The maximum atomic E-state index is 12.5. The predicted octanol–water partition coefficient (Wildman–Crippen LogP) is 3.40. The number of benzene rings is 2. The van der Waals surface area contributed by atoms with Crippen molar-refractivity contribution < 1.29 is 14.6 Å². The number of thiazole rings is 1. The highest BCUT2D eigenvalue weighted by atomic mass is 32.1. The molecule has 1 saturated carbocycles. The van der Waals surface area contributed by atoms with Gasteiger partial charge in [-0.25, -0.2) is 4.98 Å². The molecule has 2 saturated heterocycles. The molecule has 0 spiro atoms. The van der Waals surface area contributed by atoms with Crippen molar-refractivity contribution in [1.82, 2.24) is 14.8 Å². The Hall–Kier alpha value is -2.48. The average Bonchev–Trinajstić information content (AvgIpc) is 3.09. The van der Waals surface area contributed by atoms with Crippen LogP contribution in [0.15, 0.2) is 48.5 Å². The fraction of sp³-hybridized carbons (Fsp3) is 0.391. The first kappa shape index (κ1) is 18.3. The third-order valence-electron chi connectivity index (χ3n) is 6.53. The summed E-state index contributed by atoms with van der Waals surface area (Å²) in [4.78, 5) is 21.4. The maximum Gasteiger partial charge on any atom is 0.279 e. The number of aliphatic hydroxyl groups is 1. The molecule has 1 amide bonds. The molecule has 2 aromatic carbocycles. The summed E-state index contributed by atoms with van der Waals surface area (Å²) in [6.07, 6.45) is 2.25. The number of ether oxygens (including phenoxy) is 1. The minimum absolute atomic E-state index is 0.0500. The average molecular weight is 422 g/mol. The summed E-state index contributed by atoms with van der Waals surface area (Å²) in [5.74, 6) is 0.737. The fourth-order valence-corrected chi connectivity index (χ4v) is 5.52. The van der Waals surface area contributed by atoms with Crippen LogP contribution in [0.3, 0.4) is 0 Å². The van der Waals surface area contributed by atoms with Crippen molar-refractivity contribution in [2.24, 2.45) is 0 Å². The van der Waals surface area contributed by atoms with Crippen molar-refractivity contribution in [1.29, 1.82) is 0 Å². The van der Waals surface area contributed by atoms with Crippen molar-refractivity contribution in [2.75, 3.05) is 13.1 Å². The first-order valence-corrected chi connectivity index (χ1v) is 11.3. The lowest BCUT2D eigenvalue weighted by Gasteiger charge is -2.35. The number of hydrogen-bond acceptors (Lipinski definition) is 6. The van der Waals surface area contributed by atoms with Crippen molar-refractivity contribution in [3.63, 3.8) is 0 Å². The lowest BCUT2D eigenvalue weighted by Crippen LogP contribution is -2.51. The van der Waals surface area contributed by atoms with Gasteiger partial charge in [0.25, 0.3) is 11.1 Å². The third kappa shape index (κ3) is 3.17. The van der Waals surface area contributed by atoms with Gasteiger partial charge in [-0.3, -0.25) is 9.69 Å². The van der Waals surface area contributed by atoms with E-state index in [-0.39, 0.29) is 11.9 Å². The Kier molecular flexibility index (Phi) is 4.13. The highest BCUT2D eigenvalue weighted by Gasteiger charge is 2.55. The van der Waals surface area contributed by atoms with E-state index in [2.05, 4.69) is 22.0 Å². The molecular weight excluding hydrogens is 398 g/mol. The molecule has 2 bridgehead atoms. The highest BCUT2D eigenvalue weighted by molar-refractivity contribution is 7.20. The van der Waals surface area contributed by atoms with Crippen LogP contribution in [0.25, 0.3) is 10.2 Å². The van der Waals surface area contributed by atoms with Gasteiger partial charge in [-0.2, -0.15) is 0 Å². The van der Waals surface area contributed by atoms with Crippen LogP contribution < -0.4 is 4.74 Å². The summed E-state index contributed by atoms with van der Waals surface area (Å²) >= 11 is 1.55. The molecular formula is C23H23N3O3S. The monoisotopic (exact) mass is 421 g/mol. The topological polar surface area (TPSA) is 65.9 Å². The molecule has 1 aliphatic carbocycles. The van der Waals surface area contributed by atoms with Crippen molar-refractivity contribution >= 4 is 27.5 Å². The molecule has 2 aliphatic heterocycles. The Morgan fingerprint density at radius 2 is 1.93 bits per heavy atom. The zero-order chi connectivity index (χ0) is 20.3. The van der Waals surface area contributed by atoms with Gasteiger partial charge >= 0.3 is 0 Å². The Morgan fingerprint density at radius 1 is 1.13 bits per heavy atom. The smallest absolute Gasteiger partial charge is 0.279 e. The van der Waals surface area contributed by atoms with Crippen LogP contribution in [0.1, 0.15) is 24.8 Å². The SMILES string of the molecule is O=C(N1CC2CC1CN2Cc1ccc(Oc2nc3ccccc3s2)cc1)C1(O)CC1. The molecule has 2 atom stereocenters. The maximum absolute atomic E-state index is 12.5. The van der Waals surface area contributed by atoms with E-state index in [1.165, 1.54) is 5.56 Å². The second-order valence-electron chi connectivity index (χ2n) is 8.66. The highest BCUT2D eigenvalue weighted by Crippen LogP contribution is 2.41. The number of amides is 1. The number of carbonyl (C=O) groups excluding carboxylic acids is 1. The van der Waals surface area contributed by atoms with Crippen LogP contribution in [0, 0.1) is 0 Å². The number of nitrogens with zero attached hydrogens (tertiary/aromatic N) is 3. The molecule has 30 heavy (non-hydrogen) atoms. The van der Waals surface area contributed by atoms with Crippen LogP contribution in [0.5, 0.6) is 10.9 Å². The summed E-state index contributed by atoms with van der Waals surface area (Å²) in [7, 11) is 0. The summed E-state index contributed by atoms with van der Waals surface area (Å²) in [5, 5.41) is 10.8. The number of fused-ring (bicyclic) bond motifs is 3. The number of piperazine rings is 1. The zero-order valence-corrected chi connectivity index (χ0v) is 17.3. The first-order chi connectivity index (χ1) is 14.6. The van der Waals surface area contributed by atoms with E-state index in [0.29, 0.717) is 24.1 Å². The lowest BCUT2D eigenvalue weighted by molar-refractivity contribution is -0.144. The fourth-order valence-electron chi connectivity index (χ4n) is 4.68. The van der Waals surface area contributed by atoms with Gasteiger partial charge in [-0.05, 0) is 49.1 Å². The minimum Gasteiger partial charge on any atom is -0.431 e. The molecule has 1 N–H and O–H groups in total. The van der Waals surface area contributed by atoms with E-state index in [0.717, 1.165) is 42.0 Å². The molecule has 154 valence electrons. The molecule has 6 rings (SSSR count). The Bertz CT molecular complexity index is 1080. The van der Waals surface area contributed by atoms with Crippen LogP contribution in [0.2, 0.25) is 0 Å². The molecule has 3 aliphatic rings. The third-order valence-corrected chi connectivity index (χ3v) is 7.44. The van der Waals surface area contributed by atoms with Crippen LogP contribution in [-0.4, -0.2) is 56.6 Å². The molecule has 3 fully saturated rings. The van der Waals surface area contributed by atoms with E-state index < -0.39 is 5.60 Å². The molecule has 6 nitrogen and oxygen atoms in total. The van der Waals surface area contributed by atoms with Gasteiger partial charge < -0.3 is 14.7 Å². The van der Waals surface area contributed by atoms with Crippen molar-refractivity contribution in [3.8, 4) is 10.9 Å². The minimum atomic E-state index is -1.05. The second kappa shape index (κ2) is 6.77. The Labute approximate surface area is 178 Å². The van der Waals surface area contributed by atoms with Gasteiger partial charge in [0.1, 0.15) is 11.4 Å². The van der Waals surface area contributed by atoms with Crippen molar-refractivity contribution in [2.45, 2.75) is 43.5 Å². The normalized spacial score (nSPS) is 24.5. The van der Waals surface area contributed by atoms with Gasteiger partial charge in [0.2, 0.25) is 0 Å². The first-order valence-electron chi connectivity index (χ1n) is 10.5. The molecule has 3 aromatic rings. The van der Waals surface area contributed by atoms with Crippen LogP contribution >= 0.6 is 11.3 Å². The summed E-state index contributed by atoms with van der Waals surface area (Å²) in [6, 6.07) is 16.9. The summed E-state index contributed by atoms with van der Waals surface area (Å²) < 4.78 is 7.06. The number of aromatic nitrogens is 1. The van der Waals surface area contributed by atoms with E-state index >= 15 is 0 Å². The molecule has 1 aromatic heterocycles. The standard InChI is InChI=1S/C23H23N3O3S/c27-21(23(28)9-10-23)26-14-16-11-17(26)13-25(16)12-15-5-7-18(8-6-15)29-22-24-19-3-1-2-4-20(19)30-22/h1-8,16-17,28H,9-14H2. The Morgan fingerprint density at radius 3 is 2.63 bits per heavy atom. The number of para-hydroxylation sites is 1. The van der Waals surface area contributed by atoms with E-state index in [1.807, 2.05) is 41.3 Å². The van der Waals surface area contributed by atoms with Gasteiger partial charge in [-0.15, -0.1) is 0 Å². The molecule has 3 heterocycles. The predicted molar refractivity (Wildman–Crippen MR) is 115 cm³/mol. The number of carbonyl (C=O) groups is 1. The largest absolute Gasteiger partial charge is 0.431 e. The number of rotatable bonds is 5. The second-order valence-corrected chi connectivity index (χ2v) is 9.65. The Balaban J connectivity index is 1.08. The quantitative estimate of drug-likeness (QED) is 0.684. The molecule has 2 unspecified atom stereocenters. The van der Waals surface area contributed by atoms with Gasteiger partial charge in [0.15, 0.2) is 0 Å². The van der Waals surface area contributed by atoms with Crippen LogP contribution in [-0.2, 0) is 11.3 Å². The number of likely N-dealkylation sites (tertiary alicyclic amines) is 2. The van der Waals surface area contributed by atoms with Crippen LogP contribution in [0.4, 0.5) is 0 Å².